The van der Waals surface area contributed by atoms with Crippen molar-refractivity contribution in [3.8, 4) is 0 Å². The third-order valence-corrected chi connectivity index (χ3v) is 2.19. The second-order valence-electron chi connectivity index (χ2n) is 3.42. The van der Waals surface area contributed by atoms with E-state index in [4.69, 9.17) is 5.11 Å². The Bertz CT molecular complexity index is 348. The fraction of sp³-hybridized carbons (Fsp3) is 0.400. The van der Waals surface area contributed by atoms with Crippen molar-refractivity contribution in [1.29, 1.82) is 0 Å². The van der Waals surface area contributed by atoms with Gasteiger partial charge in [-0.1, -0.05) is 6.07 Å². The molecule has 0 radical (unpaired) electrons. The average molecular weight is 192 g/mol. The molecular formula is C10H12N2O2. The molecule has 0 aromatic carbocycles. The predicted molar refractivity (Wildman–Crippen MR) is 50.6 cm³/mol. The van der Waals surface area contributed by atoms with Crippen molar-refractivity contribution >= 4 is 5.91 Å². The van der Waals surface area contributed by atoms with Gasteiger partial charge in [-0.15, -0.1) is 0 Å². The highest BCUT2D eigenvalue weighted by molar-refractivity contribution is 5.94. The molecule has 0 atom stereocenters. The van der Waals surface area contributed by atoms with Gasteiger partial charge in [-0.2, -0.15) is 0 Å². The molecule has 1 aromatic rings. The lowest BCUT2D eigenvalue weighted by molar-refractivity contribution is 0.0942. The molecule has 0 unspecified atom stereocenters. The Morgan fingerprint density at radius 3 is 3.07 bits per heavy atom. The SMILES string of the molecule is O=C(NC1CC1)c1ncccc1CO. The quantitative estimate of drug-likeness (QED) is 0.731. The molecule has 4 nitrogen and oxygen atoms in total. The summed E-state index contributed by atoms with van der Waals surface area (Å²) in [6.45, 7) is -0.152. The molecule has 0 spiro atoms. The average Bonchev–Trinajstić information content (AvgIpc) is 3.01. The topological polar surface area (TPSA) is 62.2 Å². The Kier molecular flexibility index (Phi) is 2.45. The van der Waals surface area contributed by atoms with Crippen LogP contribution in [0.4, 0.5) is 0 Å². The minimum absolute atomic E-state index is 0.152. The molecule has 1 aliphatic rings. The molecule has 0 saturated heterocycles. The van der Waals surface area contributed by atoms with Gasteiger partial charge in [0.05, 0.1) is 6.61 Å². The zero-order valence-corrected chi connectivity index (χ0v) is 7.73. The normalized spacial score (nSPS) is 15.2. The fourth-order valence-corrected chi connectivity index (χ4v) is 1.25. The monoisotopic (exact) mass is 192 g/mol. The number of hydrogen-bond acceptors (Lipinski definition) is 3. The van der Waals surface area contributed by atoms with Crippen LogP contribution in [-0.4, -0.2) is 22.0 Å². The highest BCUT2D eigenvalue weighted by Crippen LogP contribution is 2.19. The summed E-state index contributed by atoms with van der Waals surface area (Å²) >= 11 is 0. The second-order valence-corrected chi connectivity index (χ2v) is 3.42. The molecule has 1 aliphatic carbocycles. The van der Waals surface area contributed by atoms with Crippen molar-refractivity contribution < 1.29 is 9.90 Å². The molecule has 2 N–H and O–H groups in total. The van der Waals surface area contributed by atoms with Gasteiger partial charge in [-0.05, 0) is 18.9 Å². The number of nitrogens with one attached hydrogen (secondary N) is 1. The molecule has 74 valence electrons. The number of nitrogens with zero attached hydrogens (tertiary/aromatic N) is 1. The largest absolute Gasteiger partial charge is 0.392 e. The van der Waals surface area contributed by atoms with Gasteiger partial charge in [0.25, 0.3) is 5.91 Å². The molecule has 1 aromatic heterocycles. The van der Waals surface area contributed by atoms with E-state index < -0.39 is 0 Å². The summed E-state index contributed by atoms with van der Waals surface area (Å²) in [5, 5.41) is 11.8. The van der Waals surface area contributed by atoms with Gasteiger partial charge in [0.2, 0.25) is 0 Å². The minimum atomic E-state index is -0.183. The second kappa shape index (κ2) is 3.75. The van der Waals surface area contributed by atoms with Crippen LogP contribution in [0.2, 0.25) is 0 Å². The molecule has 4 heteroatoms. The first-order chi connectivity index (χ1) is 6.81. The molecule has 2 rings (SSSR count). The molecule has 0 aliphatic heterocycles. The molecule has 14 heavy (non-hydrogen) atoms. The van der Waals surface area contributed by atoms with Crippen molar-refractivity contribution in [3.05, 3.63) is 29.6 Å². The first kappa shape index (κ1) is 9.15. The van der Waals surface area contributed by atoms with E-state index in [1.807, 2.05) is 0 Å². The van der Waals surface area contributed by atoms with E-state index in [9.17, 15) is 4.79 Å². The van der Waals surface area contributed by atoms with Crippen LogP contribution >= 0.6 is 0 Å². The maximum Gasteiger partial charge on any atom is 0.270 e. The van der Waals surface area contributed by atoms with Crippen molar-refractivity contribution in [2.24, 2.45) is 0 Å². The first-order valence-electron chi connectivity index (χ1n) is 4.67. The minimum Gasteiger partial charge on any atom is -0.392 e. The van der Waals surface area contributed by atoms with E-state index in [0.29, 0.717) is 17.3 Å². The molecule has 1 heterocycles. The number of aromatic nitrogens is 1. The Hall–Kier alpha value is -1.42. The predicted octanol–water partition coefficient (Wildman–Crippen LogP) is 0.466. The van der Waals surface area contributed by atoms with Crippen LogP contribution in [0, 0.1) is 0 Å². The molecular weight excluding hydrogens is 180 g/mol. The van der Waals surface area contributed by atoms with Gasteiger partial charge in [-0.3, -0.25) is 9.78 Å². The standard InChI is InChI=1S/C10H12N2O2/c13-6-7-2-1-5-11-9(7)10(14)12-8-3-4-8/h1-2,5,8,13H,3-4,6H2,(H,12,14). The van der Waals surface area contributed by atoms with Gasteiger partial charge in [0.15, 0.2) is 0 Å². The van der Waals surface area contributed by atoms with Crippen LogP contribution in [0.3, 0.4) is 0 Å². The smallest absolute Gasteiger partial charge is 0.270 e. The van der Waals surface area contributed by atoms with E-state index in [0.717, 1.165) is 12.8 Å². The van der Waals surface area contributed by atoms with Crippen LogP contribution in [0.15, 0.2) is 18.3 Å². The summed E-state index contributed by atoms with van der Waals surface area (Å²) < 4.78 is 0. The highest BCUT2D eigenvalue weighted by atomic mass is 16.3. The van der Waals surface area contributed by atoms with Gasteiger partial charge in [0.1, 0.15) is 5.69 Å². The summed E-state index contributed by atoms with van der Waals surface area (Å²) in [4.78, 5) is 15.5. The summed E-state index contributed by atoms with van der Waals surface area (Å²) in [6, 6.07) is 3.73. The van der Waals surface area contributed by atoms with E-state index in [2.05, 4.69) is 10.3 Å². The van der Waals surface area contributed by atoms with Gasteiger partial charge in [-0.25, -0.2) is 0 Å². The van der Waals surface area contributed by atoms with E-state index in [1.54, 1.807) is 18.3 Å². The molecule has 0 bridgehead atoms. The zero-order chi connectivity index (χ0) is 9.97. The number of hydrogen-bond donors (Lipinski definition) is 2. The highest BCUT2D eigenvalue weighted by Gasteiger charge is 2.25. The molecule has 1 amide bonds. The Morgan fingerprint density at radius 1 is 1.64 bits per heavy atom. The number of carbonyl (C=O) groups is 1. The van der Waals surface area contributed by atoms with Gasteiger partial charge < -0.3 is 10.4 Å². The summed E-state index contributed by atoms with van der Waals surface area (Å²) in [5.74, 6) is -0.183. The third kappa shape index (κ3) is 1.90. The number of rotatable bonds is 3. The maximum atomic E-state index is 11.6. The maximum absolute atomic E-state index is 11.6. The number of pyridine rings is 1. The Morgan fingerprint density at radius 2 is 2.43 bits per heavy atom. The molecule has 1 fully saturated rings. The summed E-state index contributed by atoms with van der Waals surface area (Å²) in [6.07, 6.45) is 3.65. The van der Waals surface area contributed by atoms with Gasteiger partial charge in [0, 0.05) is 17.8 Å². The van der Waals surface area contributed by atoms with Crippen LogP contribution in [0.25, 0.3) is 0 Å². The summed E-state index contributed by atoms with van der Waals surface area (Å²) in [7, 11) is 0. The lowest BCUT2D eigenvalue weighted by Gasteiger charge is -2.05. The first-order valence-corrected chi connectivity index (χ1v) is 4.67. The number of aliphatic hydroxyl groups excluding tert-OH is 1. The lowest BCUT2D eigenvalue weighted by Crippen LogP contribution is -2.27. The van der Waals surface area contributed by atoms with Crippen molar-refractivity contribution in [3.63, 3.8) is 0 Å². The van der Waals surface area contributed by atoms with Crippen molar-refractivity contribution in [2.45, 2.75) is 25.5 Å². The Labute approximate surface area is 82.0 Å². The van der Waals surface area contributed by atoms with Crippen molar-refractivity contribution in [2.75, 3.05) is 0 Å². The number of amides is 1. The van der Waals surface area contributed by atoms with Gasteiger partial charge >= 0.3 is 0 Å². The molecule has 1 saturated carbocycles. The number of aliphatic hydroxyl groups is 1. The number of carbonyl (C=O) groups excluding carboxylic acids is 1. The van der Waals surface area contributed by atoms with Crippen LogP contribution in [-0.2, 0) is 6.61 Å². The van der Waals surface area contributed by atoms with E-state index in [-0.39, 0.29) is 12.5 Å². The van der Waals surface area contributed by atoms with Crippen LogP contribution in [0.5, 0.6) is 0 Å². The fourth-order valence-electron chi connectivity index (χ4n) is 1.25. The van der Waals surface area contributed by atoms with Crippen molar-refractivity contribution in [1.82, 2.24) is 10.3 Å². The van der Waals surface area contributed by atoms with Crippen LogP contribution < -0.4 is 5.32 Å². The van der Waals surface area contributed by atoms with Crippen LogP contribution in [0.1, 0.15) is 28.9 Å². The van der Waals surface area contributed by atoms with E-state index >= 15 is 0 Å². The third-order valence-electron chi connectivity index (χ3n) is 2.19. The lowest BCUT2D eigenvalue weighted by atomic mass is 10.2. The van der Waals surface area contributed by atoms with E-state index in [1.165, 1.54) is 0 Å². The zero-order valence-electron chi connectivity index (χ0n) is 7.73. The summed E-state index contributed by atoms with van der Waals surface area (Å²) in [5.41, 5.74) is 0.910. The Balaban J connectivity index is 2.16.